The number of aromatic nitrogens is 1. The molecule has 0 radical (unpaired) electrons. The third-order valence-electron chi connectivity index (χ3n) is 7.22. The zero-order valence-electron chi connectivity index (χ0n) is 26.1. The van der Waals surface area contributed by atoms with Gasteiger partial charge in [0.05, 0.1) is 12.3 Å². The van der Waals surface area contributed by atoms with Gasteiger partial charge in [0.1, 0.15) is 36.1 Å². The predicted octanol–water partition coefficient (Wildman–Crippen LogP) is 2.46. The highest BCUT2D eigenvalue weighted by Crippen LogP contribution is 2.41. The van der Waals surface area contributed by atoms with Crippen LogP contribution in [0.25, 0.3) is 0 Å². The second kappa shape index (κ2) is 16.1. The molecule has 15 heteroatoms. The van der Waals surface area contributed by atoms with Gasteiger partial charge in [0.15, 0.2) is 6.29 Å². The number of nitrogens with one attached hydrogen (secondary N) is 1. The molecule has 2 amide bonds. The second-order valence-corrected chi connectivity index (χ2v) is 11.6. The summed E-state index contributed by atoms with van der Waals surface area (Å²) in [5.74, 6) is -3.70. The molecule has 0 saturated carbocycles. The van der Waals surface area contributed by atoms with Gasteiger partial charge >= 0.3 is 23.9 Å². The highest BCUT2D eigenvalue weighted by atomic mass is 32.2. The number of ether oxygens (including phenoxy) is 4. The molecule has 250 valence electrons. The first-order valence-corrected chi connectivity index (χ1v) is 16.0. The number of benzene rings is 1. The number of hydrogen-bond donors (Lipinski definition) is 1. The third kappa shape index (κ3) is 8.27. The predicted molar refractivity (Wildman–Crippen MR) is 166 cm³/mol. The summed E-state index contributed by atoms with van der Waals surface area (Å²) in [7, 11) is 0. The first-order valence-electron chi connectivity index (χ1n) is 14.9. The van der Waals surface area contributed by atoms with Gasteiger partial charge in [-0.1, -0.05) is 25.5 Å². The van der Waals surface area contributed by atoms with E-state index in [-0.39, 0.29) is 42.9 Å². The van der Waals surface area contributed by atoms with Crippen LogP contribution >= 0.6 is 11.8 Å². The number of hydrogen-bond acceptors (Lipinski definition) is 12. The van der Waals surface area contributed by atoms with Crippen molar-refractivity contribution in [1.29, 1.82) is 0 Å². The highest BCUT2D eigenvalue weighted by molar-refractivity contribution is 8.00. The summed E-state index contributed by atoms with van der Waals surface area (Å²) in [6.45, 7) is 4.29. The zero-order chi connectivity index (χ0) is 34.1. The van der Waals surface area contributed by atoms with Gasteiger partial charge < -0.3 is 28.8 Å². The molecule has 2 aromatic rings. The normalized spacial score (nSPS) is 17.5. The molecule has 1 fully saturated rings. The lowest BCUT2D eigenvalue weighted by Crippen LogP contribution is -2.71. The lowest BCUT2D eigenvalue weighted by atomic mass is 10.0. The average Bonchev–Trinajstić information content (AvgIpc) is 3.52. The van der Waals surface area contributed by atoms with E-state index in [0.29, 0.717) is 29.6 Å². The fraction of sp³-hybridized carbons (Fsp3) is 0.406. The molecule has 0 spiro atoms. The topological polar surface area (TPSA) is 177 Å². The molecule has 1 N–H and O–H groups in total. The van der Waals surface area contributed by atoms with Gasteiger partial charge in [0.2, 0.25) is 6.04 Å². The molecular weight excluding hydrogens is 634 g/mol. The Morgan fingerprint density at radius 2 is 1.79 bits per heavy atom. The fourth-order valence-electron chi connectivity index (χ4n) is 4.89. The number of amides is 2. The first kappa shape index (κ1) is 34.9. The number of β-lactam (4-membered cyclic amide) rings is 1. The van der Waals surface area contributed by atoms with Crippen LogP contribution in [0.3, 0.4) is 0 Å². The minimum absolute atomic E-state index is 0.0209. The molecule has 3 unspecified atom stereocenters. The molecule has 3 heterocycles. The van der Waals surface area contributed by atoms with Gasteiger partial charge in [-0.15, -0.1) is 11.8 Å². The van der Waals surface area contributed by atoms with E-state index < -0.39 is 47.2 Å². The van der Waals surface area contributed by atoms with E-state index in [4.69, 9.17) is 18.9 Å². The number of nitrogens with zero attached hydrogens (tertiary/aromatic N) is 2. The van der Waals surface area contributed by atoms with E-state index in [1.807, 2.05) is 6.92 Å². The Hall–Kier alpha value is -4.92. The molecule has 4 rings (SSSR count). The van der Waals surface area contributed by atoms with E-state index >= 15 is 0 Å². The van der Waals surface area contributed by atoms with Crippen LogP contribution in [0.1, 0.15) is 62.1 Å². The van der Waals surface area contributed by atoms with E-state index in [1.54, 1.807) is 31.2 Å². The van der Waals surface area contributed by atoms with Crippen LogP contribution in [-0.4, -0.2) is 81.8 Å². The van der Waals surface area contributed by atoms with Gasteiger partial charge in [-0.3, -0.25) is 28.9 Å². The maximum absolute atomic E-state index is 13.5. The monoisotopic (exact) mass is 669 g/mol. The largest absolute Gasteiger partial charge is 0.464 e. The van der Waals surface area contributed by atoms with Gasteiger partial charge in [0.25, 0.3) is 11.8 Å². The van der Waals surface area contributed by atoms with E-state index in [2.05, 4.69) is 5.32 Å². The van der Waals surface area contributed by atoms with Gasteiger partial charge in [-0.05, 0) is 43.2 Å². The number of carbonyl (C=O) groups excluding carboxylic acids is 7. The second-order valence-electron chi connectivity index (χ2n) is 10.5. The van der Waals surface area contributed by atoms with Crippen molar-refractivity contribution in [3.8, 4) is 5.75 Å². The minimum atomic E-state index is -1.58. The molecular formula is C32H35N3O11S. The van der Waals surface area contributed by atoms with Crippen molar-refractivity contribution in [1.82, 2.24) is 14.8 Å². The number of unbranched alkanes of at least 4 members (excludes halogenated alkanes) is 1. The van der Waals surface area contributed by atoms with Crippen molar-refractivity contribution in [3.05, 3.63) is 65.1 Å². The Morgan fingerprint density at radius 3 is 2.45 bits per heavy atom. The summed E-state index contributed by atoms with van der Waals surface area (Å²) in [5, 5.41) is 1.83. The number of thioether (sulfide) groups is 1. The van der Waals surface area contributed by atoms with Crippen LogP contribution in [0.5, 0.6) is 5.75 Å². The molecule has 1 saturated heterocycles. The molecule has 47 heavy (non-hydrogen) atoms. The number of carbonyl (C=O) groups is 7. The maximum atomic E-state index is 13.5. The van der Waals surface area contributed by atoms with Crippen LogP contribution in [0.4, 0.5) is 0 Å². The smallest absolute Gasteiger partial charge is 0.355 e. The number of fused-ring (bicyclic) bond motifs is 1. The van der Waals surface area contributed by atoms with Crippen molar-refractivity contribution in [2.45, 2.75) is 64.1 Å². The summed E-state index contributed by atoms with van der Waals surface area (Å²) in [6.07, 6.45) is 3.75. The fourth-order valence-corrected chi connectivity index (χ4v) is 6.22. The van der Waals surface area contributed by atoms with Crippen LogP contribution < -0.4 is 10.1 Å². The van der Waals surface area contributed by atoms with Gasteiger partial charge in [-0.25, -0.2) is 9.59 Å². The summed E-state index contributed by atoms with van der Waals surface area (Å²) in [6, 6.07) is 6.62. The van der Waals surface area contributed by atoms with Crippen LogP contribution in [0.15, 0.2) is 53.9 Å². The van der Waals surface area contributed by atoms with Crippen LogP contribution in [-0.2, 0) is 49.6 Å². The Kier molecular flexibility index (Phi) is 11.9. The summed E-state index contributed by atoms with van der Waals surface area (Å²) < 4.78 is 22.2. The Morgan fingerprint density at radius 1 is 1.04 bits per heavy atom. The van der Waals surface area contributed by atoms with Crippen molar-refractivity contribution in [2.75, 3.05) is 19.0 Å². The van der Waals surface area contributed by atoms with E-state index in [1.165, 1.54) is 41.9 Å². The molecule has 0 bridgehead atoms. The van der Waals surface area contributed by atoms with E-state index in [0.717, 1.165) is 17.4 Å². The Bertz CT molecular complexity index is 1570. The molecule has 14 nitrogen and oxygen atoms in total. The molecule has 0 aliphatic carbocycles. The average molecular weight is 670 g/mol. The number of esters is 4. The molecule has 1 aromatic carbocycles. The number of rotatable bonds is 15. The molecule has 1 aromatic heterocycles. The lowest BCUT2D eigenvalue weighted by molar-refractivity contribution is -0.156. The lowest BCUT2D eigenvalue weighted by Gasteiger charge is -2.49. The maximum Gasteiger partial charge on any atom is 0.355 e. The van der Waals surface area contributed by atoms with Crippen molar-refractivity contribution in [2.24, 2.45) is 0 Å². The molecule has 2 aliphatic heterocycles. The highest BCUT2D eigenvalue weighted by Gasteiger charge is 2.55. The Labute approximate surface area is 274 Å². The van der Waals surface area contributed by atoms with Crippen molar-refractivity contribution in [3.63, 3.8) is 0 Å². The zero-order valence-corrected chi connectivity index (χ0v) is 26.9. The van der Waals surface area contributed by atoms with E-state index in [9.17, 15) is 33.6 Å². The Balaban J connectivity index is 1.48. The quantitative estimate of drug-likeness (QED) is 0.0733. The summed E-state index contributed by atoms with van der Waals surface area (Å²) in [5.41, 5.74) is 0.867. The summed E-state index contributed by atoms with van der Waals surface area (Å²) in [4.78, 5) is 89.1. The van der Waals surface area contributed by atoms with Crippen LogP contribution in [0, 0.1) is 0 Å². The van der Waals surface area contributed by atoms with Crippen LogP contribution in [0.2, 0.25) is 0 Å². The SMILES string of the molecule is CCCCC(=O)Oc1ccc(COC(=O)C2=C(COC(C)=O)CSC3C(NC(=O)C(C(=O)OCC)n4cccc4C=O)C(=O)N23)cc1. The standard InChI is InChI=1S/C32H35N3O11S/c1-4-6-9-24(38)46-23-12-10-20(11-13-23)16-45-31(41)26-21(17-44-19(3)37)18-47-30-25(29(40)35(26)30)33-28(39)27(32(42)43-5-2)34-14-7-8-22(34)15-36/h7-8,10-15,25,27,30H,4-6,9,16-18H2,1-3H3,(H,33,39). The molecule has 2 aliphatic rings. The first-order chi connectivity index (χ1) is 22.6. The van der Waals surface area contributed by atoms with Gasteiger partial charge in [0, 0.05) is 30.9 Å². The third-order valence-corrected chi connectivity index (χ3v) is 8.56. The molecule has 3 atom stereocenters. The summed E-state index contributed by atoms with van der Waals surface area (Å²) >= 11 is 1.22. The minimum Gasteiger partial charge on any atom is -0.464 e. The van der Waals surface area contributed by atoms with Crippen molar-refractivity contribution >= 4 is 53.7 Å². The van der Waals surface area contributed by atoms with Crippen molar-refractivity contribution < 1.29 is 52.5 Å². The van der Waals surface area contributed by atoms with Gasteiger partial charge in [-0.2, -0.15) is 0 Å². The number of aldehydes is 1.